The lowest BCUT2D eigenvalue weighted by molar-refractivity contribution is -0.118. The molecule has 0 atom stereocenters. The van der Waals surface area contributed by atoms with Crippen molar-refractivity contribution in [2.24, 2.45) is 0 Å². The first-order chi connectivity index (χ1) is 11.5. The Labute approximate surface area is 147 Å². The molecule has 1 N–H and O–H groups in total. The summed E-state index contributed by atoms with van der Waals surface area (Å²) in [5.41, 5.74) is 3.15. The van der Waals surface area contributed by atoms with Crippen molar-refractivity contribution in [3.05, 3.63) is 45.9 Å². The summed E-state index contributed by atoms with van der Waals surface area (Å²) in [7, 11) is 0. The number of hydrogen-bond donors (Lipinski definition) is 1. The van der Waals surface area contributed by atoms with Crippen molar-refractivity contribution in [3.8, 4) is 5.88 Å². The number of aryl methyl sites for hydroxylation is 3. The third-order valence-electron chi connectivity index (χ3n) is 3.67. The van der Waals surface area contributed by atoms with Gasteiger partial charge in [0.25, 0.3) is 5.91 Å². The molecule has 1 amide bonds. The largest absolute Gasteiger partial charge is 0.467 e. The minimum atomic E-state index is -0.274. The van der Waals surface area contributed by atoms with E-state index in [-0.39, 0.29) is 12.5 Å². The quantitative estimate of drug-likeness (QED) is 0.731. The molecular formula is C17H16BrN3O3. The summed E-state index contributed by atoms with van der Waals surface area (Å²) < 4.78 is 11.9. The molecule has 0 radical (unpaired) electrons. The van der Waals surface area contributed by atoms with Crippen LogP contribution in [0.2, 0.25) is 0 Å². The fraction of sp³-hybridized carbons (Fsp3) is 0.235. The van der Waals surface area contributed by atoms with Crippen LogP contribution < -0.4 is 10.1 Å². The smallest absolute Gasteiger partial charge is 0.262 e. The maximum atomic E-state index is 12.1. The number of hydrogen-bond acceptors (Lipinski definition) is 5. The van der Waals surface area contributed by atoms with E-state index in [2.05, 4.69) is 31.2 Å². The van der Waals surface area contributed by atoms with Crippen LogP contribution in [0.1, 0.15) is 16.9 Å². The Balaban J connectivity index is 1.73. The normalized spacial score (nSPS) is 10.8. The second kappa shape index (κ2) is 6.60. The molecule has 3 aromatic rings. The number of ether oxygens (including phenoxy) is 1. The van der Waals surface area contributed by atoms with Gasteiger partial charge < -0.3 is 14.5 Å². The monoisotopic (exact) mass is 389 g/mol. The van der Waals surface area contributed by atoms with Gasteiger partial charge in [0.1, 0.15) is 17.5 Å². The van der Waals surface area contributed by atoms with E-state index in [9.17, 15) is 4.79 Å². The maximum Gasteiger partial charge on any atom is 0.262 e. The molecule has 0 aliphatic heterocycles. The van der Waals surface area contributed by atoms with Crippen molar-refractivity contribution < 1.29 is 13.9 Å². The molecule has 2 heterocycles. The molecular weight excluding hydrogens is 374 g/mol. The van der Waals surface area contributed by atoms with Gasteiger partial charge in [-0.1, -0.05) is 6.07 Å². The first-order valence-corrected chi connectivity index (χ1v) is 8.14. The fourth-order valence-electron chi connectivity index (χ4n) is 2.30. The highest BCUT2D eigenvalue weighted by Gasteiger charge is 2.16. The number of aromatic nitrogens is 2. The summed E-state index contributed by atoms with van der Waals surface area (Å²) in [5.74, 6) is 0.819. The highest BCUT2D eigenvalue weighted by atomic mass is 79.9. The van der Waals surface area contributed by atoms with Crippen LogP contribution in [-0.2, 0) is 4.79 Å². The van der Waals surface area contributed by atoms with E-state index in [1.54, 1.807) is 0 Å². The third-order valence-corrected chi connectivity index (χ3v) is 4.33. The van der Waals surface area contributed by atoms with Gasteiger partial charge in [-0.25, -0.2) is 9.97 Å². The first-order valence-electron chi connectivity index (χ1n) is 7.35. The minimum absolute atomic E-state index is 0.157. The number of anilines is 1. The lowest BCUT2D eigenvalue weighted by Gasteiger charge is -2.09. The van der Waals surface area contributed by atoms with Crippen LogP contribution in [0.5, 0.6) is 5.88 Å². The Morgan fingerprint density at radius 3 is 2.83 bits per heavy atom. The van der Waals surface area contributed by atoms with Crippen molar-refractivity contribution >= 4 is 38.6 Å². The number of rotatable bonds is 4. The van der Waals surface area contributed by atoms with Crippen LogP contribution in [-0.4, -0.2) is 22.5 Å². The topological polar surface area (TPSA) is 77.2 Å². The van der Waals surface area contributed by atoms with E-state index < -0.39 is 0 Å². The van der Waals surface area contributed by atoms with Crippen LogP contribution in [0.15, 0.2) is 33.4 Å². The summed E-state index contributed by atoms with van der Waals surface area (Å²) in [5, 5.41) is 3.49. The molecule has 0 saturated heterocycles. The molecule has 0 spiro atoms. The molecule has 7 heteroatoms. The molecule has 24 heavy (non-hydrogen) atoms. The van der Waals surface area contributed by atoms with E-state index in [1.165, 1.54) is 6.33 Å². The number of carbonyl (C=O) groups is 1. The SMILES string of the molecule is Cc1ccc(NC(=O)COc2ncnc3oc(C)c(C)c23)c(Br)c1. The van der Waals surface area contributed by atoms with Crippen LogP contribution in [0.4, 0.5) is 5.69 Å². The molecule has 0 fully saturated rings. The van der Waals surface area contributed by atoms with E-state index in [0.717, 1.165) is 21.4 Å². The van der Waals surface area contributed by atoms with E-state index in [0.29, 0.717) is 22.7 Å². The number of amides is 1. The van der Waals surface area contributed by atoms with Crippen molar-refractivity contribution in [1.29, 1.82) is 0 Å². The lowest BCUT2D eigenvalue weighted by Crippen LogP contribution is -2.20. The van der Waals surface area contributed by atoms with Crippen molar-refractivity contribution in [1.82, 2.24) is 9.97 Å². The van der Waals surface area contributed by atoms with Crippen molar-refractivity contribution in [2.75, 3.05) is 11.9 Å². The Morgan fingerprint density at radius 2 is 2.08 bits per heavy atom. The van der Waals surface area contributed by atoms with Crippen LogP contribution in [0.3, 0.4) is 0 Å². The maximum absolute atomic E-state index is 12.1. The summed E-state index contributed by atoms with van der Waals surface area (Å²) >= 11 is 3.43. The lowest BCUT2D eigenvalue weighted by atomic mass is 10.2. The molecule has 3 rings (SSSR count). The van der Waals surface area contributed by atoms with Gasteiger partial charge in [0, 0.05) is 10.0 Å². The molecule has 0 aliphatic carbocycles. The van der Waals surface area contributed by atoms with E-state index in [4.69, 9.17) is 9.15 Å². The van der Waals surface area contributed by atoms with Crippen LogP contribution in [0, 0.1) is 20.8 Å². The van der Waals surface area contributed by atoms with Crippen molar-refractivity contribution in [3.63, 3.8) is 0 Å². The molecule has 0 bridgehead atoms. The zero-order valence-corrected chi connectivity index (χ0v) is 15.1. The Morgan fingerprint density at radius 1 is 1.29 bits per heavy atom. The number of carbonyl (C=O) groups excluding carboxylic acids is 1. The van der Waals surface area contributed by atoms with Gasteiger partial charge in [-0.15, -0.1) is 0 Å². The number of nitrogens with one attached hydrogen (secondary N) is 1. The predicted molar refractivity (Wildman–Crippen MR) is 94.3 cm³/mol. The zero-order valence-electron chi connectivity index (χ0n) is 13.5. The van der Waals surface area contributed by atoms with Gasteiger partial charge in [0.05, 0.1) is 5.69 Å². The Kier molecular flexibility index (Phi) is 4.53. The molecule has 6 nitrogen and oxygen atoms in total. The predicted octanol–water partition coefficient (Wildman–Crippen LogP) is 3.93. The molecule has 124 valence electrons. The standard InChI is InChI=1S/C17H16BrN3O3/c1-9-4-5-13(12(18)6-9)21-14(22)7-23-16-15-10(2)11(3)24-17(15)20-8-19-16/h4-6,8H,7H2,1-3H3,(H,21,22). The Hall–Kier alpha value is -2.41. The Bertz CT molecular complexity index is 921. The molecule has 0 aliphatic rings. The summed E-state index contributed by atoms with van der Waals surface area (Å²) in [6.07, 6.45) is 1.36. The molecule has 2 aromatic heterocycles. The minimum Gasteiger partial charge on any atom is -0.467 e. The van der Waals surface area contributed by atoms with Crippen molar-refractivity contribution in [2.45, 2.75) is 20.8 Å². The summed E-state index contributed by atoms with van der Waals surface area (Å²) in [6.45, 7) is 5.58. The highest BCUT2D eigenvalue weighted by molar-refractivity contribution is 9.10. The number of benzene rings is 1. The number of fused-ring (bicyclic) bond motifs is 1. The van der Waals surface area contributed by atoms with Crippen LogP contribution >= 0.6 is 15.9 Å². The summed E-state index contributed by atoms with van der Waals surface area (Å²) in [4.78, 5) is 20.3. The third kappa shape index (κ3) is 3.26. The zero-order chi connectivity index (χ0) is 17.3. The molecule has 0 saturated carbocycles. The highest BCUT2D eigenvalue weighted by Crippen LogP contribution is 2.29. The van der Waals surface area contributed by atoms with Gasteiger partial charge in [0.2, 0.25) is 11.6 Å². The van der Waals surface area contributed by atoms with Gasteiger partial charge in [-0.2, -0.15) is 0 Å². The number of furan rings is 1. The van der Waals surface area contributed by atoms with E-state index in [1.807, 2.05) is 39.0 Å². The van der Waals surface area contributed by atoms with Gasteiger partial charge in [0.15, 0.2) is 6.61 Å². The average Bonchev–Trinajstić information content (AvgIpc) is 2.83. The van der Waals surface area contributed by atoms with Gasteiger partial charge >= 0.3 is 0 Å². The first kappa shape index (κ1) is 16.4. The summed E-state index contributed by atoms with van der Waals surface area (Å²) in [6, 6.07) is 5.69. The number of halogens is 1. The molecule has 1 aromatic carbocycles. The van der Waals surface area contributed by atoms with Crippen LogP contribution in [0.25, 0.3) is 11.1 Å². The average molecular weight is 390 g/mol. The fourth-order valence-corrected chi connectivity index (χ4v) is 2.89. The number of nitrogens with zero attached hydrogens (tertiary/aromatic N) is 2. The second-order valence-corrected chi connectivity index (χ2v) is 6.32. The van der Waals surface area contributed by atoms with Gasteiger partial charge in [-0.3, -0.25) is 4.79 Å². The second-order valence-electron chi connectivity index (χ2n) is 5.46. The molecule has 0 unspecified atom stereocenters. The van der Waals surface area contributed by atoms with E-state index >= 15 is 0 Å². The van der Waals surface area contributed by atoms with Gasteiger partial charge in [-0.05, 0) is 54.4 Å².